The van der Waals surface area contributed by atoms with Gasteiger partial charge < -0.3 is 0 Å². The monoisotopic (exact) mass is 335 g/mol. The maximum absolute atomic E-state index is 5.49. The van der Waals surface area contributed by atoms with Crippen molar-refractivity contribution in [2.75, 3.05) is 4.90 Å². The zero-order valence-electron chi connectivity index (χ0n) is 9.42. The molecule has 0 saturated carbocycles. The summed E-state index contributed by atoms with van der Waals surface area (Å²) in [5, 5.41) is 0.330. The summed E-state index contributed by atoms with van der Waals surface area (Å²) in [5.41, 5.74) is 2.35. The van der Waals surface area contributed by atoms with Crippen molar-refractivity contribution in [3.63, 3.8) is 0 Å². The SMILES string of the molecule is S=C1SC2C=CC=CC=C2N1c1ccc(Br)cc1. The number of hydrogen-bond donors (Lipinski definition) is 0. The average molecular weight is 336 g/mol. The van der Waals surface area contributed by atoms with Gasteiger partial charge in [0, 0.05) is 15.9 Å². The Morgan fingerprint density at radius 2 is 1.89 bits per heavy atom. The van der Waals surface area contributed by atoms with Crippen LogP contribution in [0.1, 0.15) is 0 Å². The van der Waals surface area contributed by atoms with Crippen LogP contribution in [0.3, 0.4) is 0 Å². The number of benzene rings is 1. The van der Waals surface area contributed by atoms with Crippen molar-refractivity contribution in [1.29, 1.82) is 0 Å². The Morgan fingerprint density at radius 1 is 1.11 bits per heavy atom. The number of anilines is 1. The van der Waals surface area contributed by atoms with E-state index in [4.69, 9.17) is 12.2 Å². The van der Waals surface area contributed by atoms with E-state index in [1.54, 1.807) is 11.8 Å². The van der Waals surface area contributed by atoms with E-state index < -0.39 is 0 Å². The summed E-state index contributed by atoms with van der Waals surface area (Å²) in [7, 11) is 0. The topological polar surface area (TPSA) is 3.24 Å². The second kappa shape index (κ2) is 5.03. The van der Waals surface area contributed by atoms with Crippen molar-refractivity contribution in [3.05, 3.63) is 64.8 Å². The Bertz CT molecular complexity index is 572. The zero-order chi connectivity index (χ0) is 12.5. The molecule has 1 unspecified atom stereocenters. The molecule has 90 valence electrons. The maximum Gasteiger partial charge on any atom is 0.146 e. The molecule has 1 aliphatic carbocycles. The molecule has 1 heterocycles. The van der Waals surface area contributed by atoms with Crippen molar-refractivity contribution in [2.45, 2.75) is 5.25 Å². The van der Waals surface area contributed by atoms with E-state index in [2.05, 4.69) is 63.3 Å². The highest BCUT2D eigenvalue weighted by Gasteiger charge is 2.32. The first-order valence-electron chi connectivity index (χ1n) is 5.57. The Labute approximate surface area is 124 Å². The van der Waals surface area contributed by atoms with Crippen LogP contribution in [0.25, 0.3) is 0 Å². The van der Waals surface area contributed by atoms with Crippen LogP contribution in [0, 0.1) is 0 Å². The van der Waals surface area contributed by atoms with Crippen LogP contribution in [0.5, 0.6) is 0 Å². The largest absolute Gasteiger partial charge is 0.298 e. The van der Waals surface area contributed by atoms with Gasteiger partial charge in [0.15, 0.2) is 0 Å². The lowest BCUT2D eigenvalue weighted by Gasteiger charge is -2.20. The number of thioether (sulfide) groups is 1. The lowest BCUT2D eigenvalue weighted by Crippen LogP contribution is -2.21. The summed E-state index contributed by atoms with van der Waals surface area (Å²) in [5.74, 6) is 0. The number of thiocarbonyl (C=S) groups is 1. The summed E-state index contributed by atoms with van der Waals surface area (Å²) < 4.78 is 1.99. The third-order valence-corrected chi connectivity index (χ3v) is 4.86. The summed E-state index contributed by atoms with van der Waals surface area (Å²) >= 11 is 10.7. The van der Waals surface area contributed by atoms with Crippen LogP contribution in [-0.2, 0) is 0 Å². The molecule has 3 rings (SSSR count). The Morgan fingerprint density at radius 3 is 2.67 bits per heavy atom. The highest BCUT2D eigenvalue weighted by Crippen LogP contribution is 2.40. The minimum Gasteiger partial charge on any atom is -0.298 e. The number of hydrogen-bond acceptors (Lipinski definition) is 2. The molecule has 1 aliphatic heterocycles. The van der Waals surface area contributed by atoms with Gasteiger partial charge in [0.2, 0.25) is 0 Å². The second-order valence-corrected chi connectivity index (χ2v) is 6.67. The third kappa shape index (κ3) is 2.20. The van der Waals surface area contributed by atoms with Crippen LogP contribution in [0.4, 0.5) is 5.69 Å². The van der Waals surface area contributed by atoms with Gasteiger partial charge in [-0.3, -0.25) is 4.90 Å². The van der Waals surface area contributed by atoms with E-state index in [0.717, 1.165) is 14.5 Å². The first kappa shape index (κ1) is 12.2. The van der Waals surface area contributed by atoms with Crippen molar-refractivity contribution in [3.8, 4) is 0 Å². The van der Waals surface area contributed by atoms with Gasteiger partial charge in [-0.2, -0.15) is 0 Å². The number of halogens is 1. The molecule has 0 bridgehead atoms. The predicted molar refractivity (Wildman–Crippen MR) is 87.0 cm³/mol. The molecular formula is C14H10BrNS2. The van der Waals surface area contributed by atoms with Gasteiger partial charge in [0.1, 0.15) is 4.32 Å². The molecule has 0 radical (unpaired) electrons. The van der Waals surface area contributed by atoms with E-state index in [-0.39, 0.29) is 0 Å². The van der Waals surface area contributed by atoms with Gasteiger partial charge in [0.25, 0.3) is 0 Å². The first-order chi connectivity index (χ1) is 8.75. The number of fused-ring (bicyclic) bond motifs is 1. The molecule has 0 spiro atoms. The molecule has 1 aromatic carbocycles. The number of rotatable bonds is 1. The quantitative estimate of drug-likeness (QED) is 0.687. The molecule has 0 amide bonds. The predicted octanol–water partition coefficient (Wildman–Crippen LogP) is 4.67. The van der Waals surface area contributed by atoms with Gasteiger partial charge in [-0.1, -0.05) is 64.2 Å². The molecule has 1 atom stereocenters. The average Bonchev–Trinajstić information content (AvgIpc) is 2.54. The van der Waals surface area contributed by atoms with Crippen molar-refractivity contribution < 1.29 is 0 Å². The van der Waals surface area contributed by atoms with Crippen LogP contribution >= 0.6 is 39.9 Å². The minimum atomic E-state index is 0.330. The van der Waals surface area contributed by atoms with Crippen LogP contribution in [0.15, 0.2) is 64.8 Å². The standard InChI is InChI=1S/C14H10BrNS2/c15-10-6-8-11(9-7-10)16-12-4-2-1-3-5-13(12)18-14(16)17/h1-9,13H. The summed E-state index contributed by atoms with van der Waals surface area (Å²) in [6, 6.07) is 8.24. The molecule has 2 aliphatic rings. The zero-order valence-corrected chi connectivity index (χ0v) is 12.6. The fourth-order valence-corrected chi connectivity index (χ4v) is 3.78. The number of allylic oxidation sites excluding steroid dienone is 4. The fraction of sp³-hybridized carbons (Fsp3) is 0.0714. The third-order valence-electron chi connectivity index (χ3n) is 2.82. The van der Waals surface area contributed by atoms with Crippen molar-refractivity contribution in [1.82, 2.24) is 0 Å². The highest BCUT2D eigenvalue weighted by molar-refractivity contribution is 9.10. The lowest BCUT2D eigenvalue weighted by molar-refractivity contribution is 1.17. The Balaban J connectivity index is 2.03. The van der Waals surface area contributed by atoms with E-state index in [9.17, 15) is 0 Å². The van der Waals surface area contributed by atoms with E-state index in [1.807, 2.05) is 12.1 Å². The van der Waals surface area contributed by atoms with Crippen LogP contribution in [0.2, 0.25) is 0 Å². The van der Waals surface area contributed by atoms with Crippen molar-refractivity contribution in [2.24, 2.45) is 0 Å². The molecule has 1 fully saturated rings. The molecular weight excluding hydrogens is 326 g/mol. The smallest absolute Gasteiger partial charge is 0.146 e. The van der Waals surface area contributed by atoms with Gasteiger partial charge in [0.05, 0.1) is 5.25 Å². The van der Waals surface area contributed by atoms with Crippen molar-refractivity contribution >= 4 is 49.9 Å². The van der Waals surface area contributed by atoms with Gasteiger partial charge in [-0.15, -0.1) is 0 Å². The molecule has 1 aromatic rings. The summed E-state index contributed by atoms with van der Waals surface area (Å²) in [6.45, 7) is 0. The number of nitrogens with zero attached hydrogens (tertiary/aromatic N) is 1. The molecule has 18 heavy (non-hydrogen) atoms. The first-order valence-corrected chi connectivity index (χ1v) is 7.65. The van der Waals surface area contributed by atoms with Gasteiger partial charge in [-0.05, 0) is 30.3 Å². The van der Waals surface area contributed by atoms with Crippen LogP contribution in [-0.4, -0.2) is 9.57 Å². The van der Waals surface area contributed by atoms with Gasteiger partial charge >= 0.3 is 0 Å². The van der Waals surface area contributed by atoms with Gasteiger partial charge in [-0.25, -0.2) is 0 Å². The Hall–Kier alpha value is -0.840. The summed E-state index contributed by atoms with van der Waals surface area (Å²) in [4.78, 5) is 2.15. The lowest BCUT2D eigenvalue weighted by atomic mass is 10.2. The van der Waals surface area contributed by atoms with E-state index >= 15 is 0 Å². The Kier molecular flexibility index (Phi) is 3.41. The second-order valence-electron chi connectivity index (χ2n) is 3.98. The molecule has 0 N–H and O–H groups in total. The fourth-order valence-electron chi connectivity index (χ4n) is 1.99. The summed E-state index contributed by atoms with van der Waals surface area (Å²) in [6.07, 6.45) is 10.5. The maximum atomic E-state index is 5.49. The minimum absolute atomic E-state index is 0.330. The molecule has 4 heteroatoms. The van der Waals surface area contributed by atoms with E-state index in [0.29, 0.717) is 5.25 Å². The molecule has 1 nitrogen and oxygen atoms in total. The molecule has 0 aromatic heterocycles. The van der Waals surface area contributed by atoms with Crippen LogP contribution < -0.4 is 4.90 Å². The highest BCUT2D eigenvalue weighted by atomic mass is 79.9. The van der Waals surface area contributed by atoms with E-state index in [1.165, 1.54) is 5.70 Å². The molecule has 1 saturated heterocycles. The normalized spacial score (nSPS) is 21.8.